The first kappa shape index (κ1) is 28.5. The third kappa shape index (κ3) is 4.85. The predicted molar refractivity (Wildman–Crippen MR) is 175 cm³/mol. The zero-order valence-corrected chi connectivity index (χ0v) is 26.4. The number of aryl methyl sites for hydroxylation is 3. The largest absolute Gasteiger partial charge is 3.00 e. The second-order valence-corrected chi connectivity index (χ2v) is 11.3. The molecule has 8 heteroatoms. The van der Waals surface area contributed by atoms with Crippen molar-refractivity contribution in [3.63, 3.8) is 0 Å². The summed E-state index contributed by atoms with van der Waals surface area (Å²) in [5.41, 5.74) is 14.3. The van der Waals surface area contributed by atoms with Gasteiger partial charge in [0, 0.05) is 36.4 Å². The quantitative estimate of drug-likeness (QED) is 0.159. The maximum absolute atomic E-state index is 5.33. The van der Waals surface area contributed by atoms with Gasteiger partial charge in [0.2, 0.25) is 17.1 Å². The van der Waals surface area contributed by atoms with Crippen molar-refractivity contribution in [3.05, 3.63) is 121 Å². The van der Waals surface area contributed by atoms with E-state index in [4.69, 9.17) is 4.98 Å². The van der Waals surface area contributed by atoms with Crippen LogP contribution >= 0.6 is 0 Å². The van der Waals surface area contributed by atoms with Crippen molar-refractivity contribution in [3.8, 4) is 33.8 Å². The number of nitrogens with one attached hydrogen (secondary N) is 3. The number of hydrogen-bond acceptors (Lipinski definition) is 1. The molecule has 0 aromatic carbocycles. The molecule has 0 fully saturated rings. The van der Waals surface area contributed by atoms with Gasteiger partial charge in [-0.2, -0.15) is 0 Å². The summed E-state index contributed by atoms with van der Waals surface area (Å²) in [6.45, 7) is 0. The van der Waals surface area contributed by atoms with Crippen LogP contribution in [-0.2, 0) is 38.2 Å². The minimum Gasteiger partial charge on any atom is -0.354 e. The molecule has 45 heavy (non-hydrogen) atoms. The number of nitrogens with zero attached hydrogens (tertiary/aromatic N) is 4. The van der Waals surface area contributed by atoms with E-state index in [0.29, 0.717) is 0 Å². The van der Waals surface area contributed by atoms with Gasteiger partial charge < -0.3 is 15.0 Å². The van der Waals surface area contributed by atoms with Crippen molar-refractivity contribution in [2.75, 3.05) is 0 Å². The topological polar surface area (TPSA) is 71.9 Å². The van der Waals surface area contributed by atoms with Gasteiger partial charge in [-0.3, -0.25) is 0 Å². The summed E-state index contributed by atoms with van der Waals surface area (Å²) in [6, 6.07) is 31.8. The van der Waals surface area contributed by atoms with Crippen molar-refractivity contribution in [1.29, 1.82) is 0 Å². The maximum atomic E-state index is 5.33. The molecule has 8 heterocycles. The molecule has 0 unspecified atom stereocenters. The first-order valence-corrected chi connectivity index (χ1v) is 14.7. The van der Waals surface area contributed by atoms with Crippen LogP contribution in [0.5, 0.6) is 0 Å². The Morgan fingerprint density at radius 1 is 0.422 bits per heavy atom. The first-order chi connectivity index (χ1) is 21.5. The molecule has 0 amide bonds. The van der Waals surface area contributed by atoms with Gasteiger partial charge >= 0.3 is 17.1 Å². The minimum atomic E-state index is 0. The van der Waals surface area contributed by atoms with E-state index in [9.17, 15) is 0 Å². The Kier molecular flexibility index (Phi) is 7.16. The van der Waals surface area contributed by atoms with Crippen LogP contribution in [0.25, 0.3) is 79.0 Å². The Labute approximate surface area is 271 Å². The van der Waals surface area contributed by atoms with E-state index in [1.165, 1.54) is 0 Å². The second kappa shape index (κ2) is 11.3. The van der Waals surface area contributed by atoms with Crippen LogP contribution < -0.4 is 13.7 Å². The second-order valence-electron chi connectivity index (χ2n) is 11.3. The van der Waals surface area contributed by atoms with Crippen LogP contribution in [0.3, 0.4) is 0 Å². The van der Waals surface area contributed by atoms with E-state index < -0.39 is 0 Å². The molecule has 0 saturated heterocycles. The Bertz CT molecular complexity index is 2390. The predicted octanol–water partition coefficient (Wildman–Crippen LogP) is 6.17. The van der Waals surface area contributed by atoms with E-state index in [2.05, 4.69) is 165 Å². The van der Waals surface area contributed by atoms with Crippen LogP contribution in [0, 0.1) is 0 Å². The summed E-state index contributed by atoms with van der Waals surface area (Å²) in [4.78, 5) is 16.6. The number of aromatic nitrogens is 7. The summed E-state index contributed by atoms with van der Waals surface area (Å²) >= 11 is 0. The molecule has 7 aromatic heterocycles. The normalized spacial score (nSPS) is 11.6. The average Bonchev–Trinajstić information content (AvgIpc) is 3.85. The van der Waals surface area contributed by atoms with Crippen molar-refractivity contribution in [1.82, 2.24) is 19.9 Å². The molecule has 0 atom stereocenters. The first-order valence-electron chi connectivity index (χ1n) is 14.7. The van der Waals surface area contributed by atoms with E-state index in [1.54, 1.807) is 0 Å². The van der Waals surface area contributed by atoms with Crippen molar-refractivity contribution in [2.24, 2.45) is 21.1 Å². The van der Waals surface area contributed by atoms with Gasteiger partial charge in [0.15, 0.2) is 18.6 Å². The number of rotatable bonds is 3. The molecular weight excluding hydrogens is 597 g/mol. The van der Waals surface area contributed by atoms with Gasteiger partial charge in [0.25, 0.3) is 0 Å². The fourth-order valence-corrected chi connectivity index (χ4v) is 6.31. The van der Waals surface area contributed by atoms with Gasteiger partial charge in [-0.1, -0.05) is 0 Å². The molecule has 7 aromatic rings. The van der Waals surface area contributed by atoms with Crippen LogP contribution in [0.2, 0.25) is 0 Å². The number of H-pyrrole nitrogens is 3. The van der Waals surface area contributed by atoms with Crippen LogP contribution in [0.4, 0.5) is 0 Å². The molecule has 0 spiro atoms. The van der Waals surface area contributed by atoms with Crippen molar-refractivity contribution < 1.29 is 30.8 Å². The van der Waals surface area contributed by atoms with Crippen molar-refractivity contribution >= 4 is 45.3 Å². The van der Waals surface area contributed by atoms with E-state index >= 15 is 0 Å². The van der Waals surface area contributed by atoms with Gasteiger partial charge in [0.1, 0.15) is 21.1 Å². The maximum Gasteiger partial charge on any atom is 3.00 e. The number of pyridine rings is 3. The summed E-state index contributed by atoms with van der Waals surface area (Å²) in [6.07, 6.45) is 10.5. The number of fused-ring (bicyclic) bond motifs is 9. The zero-order valence-electron chi connectivity index (χ0n) is 25.2. The summed E-state index contributed by atoms with van der Waals surface area (Å²) in [7, 11) is 6.24. The molecule has 7 nitrogen and oxygen atoms in total. The number of aromatic amines is 3. The zero-order chi connectivity index (χ0) is 29.8. The molecule has 3 N–H and O–H groups in total. The molecule has 0 radical (unpaired) electrons. The van der Waals surface area contributed by atoms with E-state index in [1.807, 2.05) is 6.07 Å². The molecule has 1 aliphatic heterocycles. The van der Waals surface area contributed by atoms with Crippen LogP contribution in [-0.4, -0.2) is 19.9 Å². The number of hydrogen-bond donors (Lipinski definition) is 3. The Morgan fingerprint density at radius 3 is 1.16 bits per heavy atom. The summed E-state index contributed by atoms with van der Waals surface area (Å²) < 4.78 is 6.45. The Balaban J connectivity index is 0.00000325. The fourth-order valence-electron chi connectivity index (χ4n) is 6.31. The molecule has 216 valence electrons. The van der Waals surface area contributed by atoms with Crippen molar-refractivity contribution in [2.45, 2.75) is 0 Å². The third-order valence-corrected chi connectivity index (χ3v) is 8.51. The smallest absolute Gasteiger partial charge is 0.354 e. The van der Waals surface area contributed by atoms with E-state index in [-0.39, 0.29) is 17.1 Å². The fraction of sp³-hybridized carbons (Fsp3) is 0.0811. The Morgan fingerprint density at radius 2 is 0.756 bits per heavy atom. The standard InChI is InChI=1S/C37H30N7.Mn/c1-42-21-7-4-10-32(42)35-26-15-13-24(38-26)25-14-16-27(39-25)36(33-11-5-8-22-43(33)2)29-18-20-31(41-29)37(30-19-17-28(35)40-30)34-12-6-9-23-44(34)3;/h4-23H,1-3H3,(H,40,41);/q+1;+3/p+2. The molecule has 8 bridgehead atoms. The monoisotopic (exact) mass is 629 g/mol. The van der Waals surface area contributed by atoms with Gasteiger partial charge in [0.05, 0.1) is 61.2 Å². The summed E-state index contributed by atoms with van der Waals surface area (Å²) in [5.74, 6) is 0. The van der Waals surface area contributed by atoms with Gasteiger partial charge in [-0.05, 0) is 66.7 Å². The Hall–Kier alpha value is -5.30. The average molecular weight is 630 g/mol. The summed E-state index contributed by atoms with van der Waals surface area (Å²) in [5, 5.41) is 0. The van der Waals surface area contributed by atoms with E-state index in [0.717, 1.165) is 78.3 Å². The SMILES string of the molecule is C[n+]1ccccc1-c1c2nc(c(-c3cccc[n+]3C)c3ccc([nH]3)c3ccc([nH]3)c(-c3cccc[n+]3C)c3ccc1[nH]3)C=C2.[Mn+3]. The molecule has 1 aliphatic rings. The molecule has 0 saturated carbocycles. The van der Waals surface area contributed by atoms with Crippen LogP contribution in [0.1, 0.15) is 11.4 Å². The molecule has 0 aliphatic carbocycles. The molecular formula is C37H32MnN7+6. The van der Waals surface area contributed by atoms with Gasteiger partial charge in [-0.25, -0.2) is 18.7 Å². The molecule has 8 rings (SSSR count). The van der Waals surface area contributed by atoms with Gasteiger partial charge in [-0.15, -0.1) is 0 Å². The van der Waals surface area contributed by atoms with Crippen LogP contribution in [0.15, 0.2) is 110 Å². The third-order valence-electron chi connectivity index (χ3n) is 8.51. The minimum absolute atomic E-state index is 0.